The molecule has 2 aromatic rings. The lowest BCUT2D eigenvalue weighted by Crippen LogP contribution is -2.26. The molecule has 0 fully saturated rings. The number of rotatable bonds is 6. The van der Waals surface area contributed by atoms with Crippen LogP contribution in [0.3, 0.4) is 0 Å². The van der Waals surface area contributed by atoms with Gasteiger partial charge in [0.1, 0.15) is 4.83 Å². The lowest BCUT2D eigenvalue weighted by atomic mass is 10.1. The number of halogens is 2. The summed E-state index contributed by atoms with van der Waals surface area (Å²) in [6, 6.07) is 16.3. The van der Waals surface area contributed by atoms with Crippen LogP contribution in [-0.2, 0) is 9.53 Å². The third kappa shape index (κ3) is 4.92. The third-order valence-corrected chi connectivity index (χ3v) is 5.98. The average molecular weight is 455 g/mol. The van der Waals surface area contributed by atoms with Crippen molar-refractivity contribution in [3.05, 3.63) is 65.7 Å². The number of amides is 1. The van der Waals surface area contributed by atoms with Crippen molar-refractivity contribution in [3.8, 4) is 0 Å². The Labute approximate surface area is 157 Å². The van der Waals surface area contributed by atoms with Gasteiger partial charge in [-0.05, 0) is 30.7 Å². The van der Waals surface area contributed by atoms with E-state index in [0.29, 0.717) is 17.9 Å². The Morgan fingerprint density at radius 3 is 2.46 bits per heavy atom. The van der Waals surface area contributed by atoms with Crippen molar-refractivity contribution in [2.45, 2.75) is 16.6 Å². The van der Waals surface area contributed by atoms with Gasteiger partial charge in [0.2, 0.25) is 5.91 Å². The summed E-state index contributed by atoms with van der Waals surface area (Å²) >= 11 is 6.97. The largest absolute Gasteiger partial charge is 0.462 e. The van der Waals surface area contributed by atoms with Crippen molar-refractivity contribution in [2.24, 2.45) is 0 Å². The van der Waals surface area contributed by atoms with Gasteiger partial charge in [0.15, 0.2) is 0 Å². The molecule has 2 rings (SSSR count). The van der Waals surface area contributed by atoms with E-state index in [-0.39, 0.29) is 10.7 Å². The van der Waals surface area contributed by atoms with E-state index in [2.05, 4.69) is 37.2 Å². The highest BCUT2D eigenvalue weighted by molar-refractivity contribution is 9.12. The summed E-state index contributed by atoms with van der Waals surface area (Å²) in [6.45, 7) is 2.06. The van der Waals surface area contributed by atoms with E-state index in [1.54, 1.807) is 31.2 Å². The zero-order chi connectivity index (χ0) is 17.5. The Balaban J connectivity index is 2.06. The molecule has 0 spiro atoms. The first kappa shape index (κ1) is 18.7. The predicted octanol–water partition coefficient (Wildman–Crippen LogP) is 4.70. The Morgan fingerprint density at radius 1 is 1.08 bits per heavy atom. The fourth-order valence-electron chi connectivity index (χ4n) is 2.09. The van der Waals surface area contributed by atoms with E-state index in [1.165, 1.54) is 0 Å². The maximum Gasteiger partial charge on any atom is 0.338 e. The predicted molar refractivity (Wildman–Crippen MR) is 102 cm³/mol. The number of nitrogens with one attached hydrogen (secondary N) is 1. The first-order chi connectivity index (χ1) is 11.5. The second kappa shape index (κ2) is 8.99. The van der Waals surface area contributed by atoms with Crippen LogP contribution in [0.15, 0.2) is 54.6 Å². The Morgan fingerprint density at radius 2 is 1.79 bits per heavy atom. The standard InChI is InChI=1S/C18H17Br2NO3/c1-2-24-18(23)13-9-6-10-14(11-13)21-17(22)16(20)15(19)12-7-4-3-5-8-12/h3-11,15-16H,2H2,1H3,(H,21,22). The summed E-state index contributed by atoms with van der Waals surface area (Å²) in [6.07, 6.45) is 0. The van der Waals surface area contributed by atoms with E-state index < -0.39 is 10.8 Å². The lowest BCUT2D eigenvalue weighted by Gasteiger charge is -2.17. The molecule has 2 unspecified atom stereocenters. The van der Waals surface area contributed by atoms with Gasteiger partial charge in [0, 0.05) is 5.69 Å². The highest BCUT2D eigenvalue weighted by atomic mass is 79.9. The van der Waals surface area contributed by atoms with Gasteiger partial charge in [-0.2, -0.15) is 0 Å². The van der Waals surface area contributed by atoms with Gasteiger partial charge in [-0.15, -0.1) is 0 Å². The molecule has 0 bridgehead atoms. The quantitative estimate of drug-likeness (QED) is 0.508. The van der Waals surface area contributed by atoms with Crippen molar-refractivity contribution in [1.82, 2.24) is 0 Å². The highest BCUT2D eigenvalue weighted by Gasteiger charge is 2.25. The van der Waals surface area contributed by atoms with Gasteiger partial charge in [0.25, 0.3) is 0 Å². The minimum Gasteiger partial charge on any atom is -0.462 e. The number of ether oxygens (including phenoxy) is 1. The number of anilines is 1. The molecule has 0 aliphatic rings. The van der Waals surface area contributed by atoms with Crippen molar-refractivity contribution in [3.63, 3.8) is 0 Å². The zero-order valence-corrected chi connectivity index (χ0v) is 16.2. The maximum atomic E-state index is 12.4. The minimum atomic E-state index is -0.467. The summed E-state index contributed by atoms with van der Waals surface area (Å²) in [5.74, 6) is -0.617. The SMILES string of the molecule is CCOC(=O)c1cccc(NC(=O)C(Br)C(Br)c2ccccc2)c1. The molecule has 126 valence electrons. The summed E-state index contributed by atoms with van der Waals surface area (Å²) in [5.41, 5.74) is 1.94. The van der Waals surface area contributed by atoms with E-state index in [4.69, 9.17) is 4.74 Å². The Kier molecular flexibility index (Phi) is 6.99. The Bertz CT molecular complexity index is 706. The number of benzene rings is 2. The molecular formula is C18H17Br2NO3. The molecule has 1 amide bonds. The number of carbonyl (C=O) groups is 2. The first-order valence-corrected chi connectivity index (χ1v) is 9.27. The summed E-state index contributed by atoms with van der Waals surface area (Å²) in [5, 5.41) is 2.81. The molecule has 0 saturated carbocycles. The van der Waals surface area contributed by atoms with Gasteiger partial charge >= 0.3 is 5.97 Å². The van der Waals surface area contributed by atoms with Gasteiger partial charge in [-0.3, -0.25) is 4.79 Å². The highest BCUT2D eigenvalue weighted by Crippen LogP contribution is 2.31. The maximum absolute atomic E-state index is 12.4. The van der Waals surface area contributed by atoms with Crippen LogP contribution in [0.4, 0.5) is 5.69 Å². The zero-order valence-electron chi connectivity index (χ0n) is 13.0. The van der Waals surface area contributed by atoms with Gasteiger partial charge in [-0.1, -0.05) is 68.3 Å². The second-order valence-corrected chi connectivity index (χ2v) is 6.98. The van der Waals surface area contributed by atoms with Gasteiger partial charge in [0.05, 0.1) is 17.0 Å². The fourth-order valence-corrected chi connectivity index (χ4v) is 3.05. The molecule has 2 atom stereocenters. The van der Waals surface area contributed by atoms with Gasteiger partial charge < -0.3 is 10.1 Å². The molecule has 0 aliphatic carbocycles. The van der Waals surface area contributed by atoms with Crippen LogP contribution >= 0.6 is 31.9 Å². The van der Waals surface area contributed by atoms with Crippen LogP contribution in [-0.4, -0.2) is 23.3 Å². The fraction of sp³-hybridized carbons (Fsp3) is 0.222. The molecule has 0 aliphatic heterocycles. The van der Waals surface area contributed by atoms with Crippen LogP contribution < -0.4 is 5.32 Å². The number of alkyl halides is 2. The van der Waals surface area contributed by atoms with Gasteiger partial charge in [-0.25, -0.2) is 4.79 Å². The summed E-state index contributed by atoms with van der Waals surface area (Å²) < 4.78 is 4.96. The minimum absolute atomic E-state index is 0.174. The molecule has 0 aromatic heterocycles. The molecule has 0 heterocycles. The lowest BCUT2D eigenvalue weighted by molar-refractivity contribution is -0.115. The van der Waals surface area contributed by atoms with Crippen molar-refractivity contribution < 1.29 is 14.3 Å². The number of hydrogen-bond donors (Lipinski definition) is 1. The van der Waals surface area contributed by atoms with Crippen molar-refractivity contribution in [1.29, 1.82) is 0 Å². The number of hydrogen-bond acceptors (Lipinski definition) is 3. The molecule has 24 heavy (non-hydrogen) atoms. The monoisotopic (exact) mass is 453 g/mol. The molecule has 6 heteroatoms. The van der Waals surface area contributed by atoms with Crippen molar-refractivity contribution >= 4 is 49.4 Å². The topological polar surface area (TPSA) is 55.4 Å². The molecule has 1 N–H and O–H groups in total. The Hall–Kier alpha value is -1.66. The molecule has 4 nitrogen and oxygen atoms in total. The second-order valence-electron chi connectivity index (χ2n) is 5.00. The van der Waals surface area contributed by atoms with Crippen LogP contribution in [0.2, 0.25) is 0 Å². The molecule has 0 saturated heterocycles. The number of carbonyl (C=O) groups excluding carboxylic acids is 2. The molecular weight excluding hydrogens is 438 g/mol. The smallest absolute Gasteiger partial charge is 0.338 e. The average Bonchev–Trinajstić information content (AvgIpc) is 2.61. The molecule has 0 radical (unpaired) electrons. The third-order valence-electron chi connectivity index (χ3n) is 3.27. The van der Waals surface area contributed by atoms with Crippen LogP contribution in [0.1, 0.15) is 27.7 Å². The van der Waals surface area contributed by atoms with E-state index in [1.807, 2.05) is 30.3 Å². The summed E-state index contributed by atoms with van der Waals surface area (Å²) in [7, 11) is 0. The van der Waals surface area contributed by atoms with Crippen LogP contribution in [0.5, 0.6) is 0 Å². The molecule has 2 aromatic carbocycles. The van der Waals surface area contributed by atoms with Crippen LogP contribution in [0, 0.1) is 0 Å². The van der Waals surface area contributed by atoms with Crippen LogP contribution in [0.25, 0.3) is 0 Å². The van der Waals surface area contributed by atoms with Crippen molar-refractivity contribution in [2.75, 3.05) is 11.9 Å². The van der Waals surface area contributed by atoms with E-state index in [9.17, 15) is 9.59 Å². The number of esters is 1. The normalized spacial score (nSPS) is 13.0. The first-order valence-electron chi connectivity index (χ1n) is 7.44. The van der Waals surface area contributed by atoms with E-state index >= 15 is 0 Å². The van der Waals surface area contributed by atoms with E-state index in [0.717, 1.165) is 5.56 Å². The summed E-state index contributed by atoms with van der Waals surface area (Å²) in [4.78, 5) is 23.5.